The van der Waals surface area contributed by atoms with Crippen molar-refractivity contribution in [3.8, 4) is 5.75 Å². The molecular formula is C19H16Cl2N2OS. The van der Waals surface area contributed by atoms with E-state index in [0.29, 0.717) is 10.0 Å². The minimum atomic E-state index is 0.665. The molecule has 25 heavy (non-hydrogen) atoms. The Hall–Kier alpha value is -1.62. The molecule has 3 nitrogen and oxygen atoms in total. The van der Waals surface area contributed by atoms with Crippen molar-refractivity contribution in [1.29, 1.82) is 0 Å². The van der Waals surface area contributed by atoms with E-state index in [4.69, 9.17) is 32.9 Å². The Bertz CT molecular complexity index is 948. The van der Waals surface area contributed by atoms with Gasteiger partial charge in [0, 0.05) is 34.1 Å². The molecule has 6 heteroatoms. The average Bonchev–Trinajstić information content (AvgIpc) is 2.83. The van der Waals surface area contributed by atoms with Crippen molar-refractivity contribution >= 4 is 51.7 Å². The summed E-state index contributed by atoms with van der Waals surface area (Å²) in [5.74, 6) is 2.77. The van der Waals surface area contributed by atoms with Crippen LogP contribution >= 0.6 is 35.0 Å². The van der Waals surface area contributed by atoms with E-state index in [1.807, 2.05) is 42.1 Å². The predicted octanol–water partition coefficient (Wildman–Crippen LogP) is 5.66. The van der Waals surface area contributed by atoms with Crippen LogP contribution in [0.15, 0.2) is 47.4 Å². The van der Waals surface area contributed by atoms with Gasteiger partial charge in [0.2, 0.25) is 0 Å². The number of nitrogens with zero attached hydrogens (tertiary/aromatic N) is 2. The highest BCUT2D eigenvalue weighted by Crippen LogP contribution is 2.34. The Labute approximate surface area is 160 Å². The Kier molecular flexibility index (Phi) is 4.67. The zero-order chi connectivity index (χ0) is 17.4. The molecule has 4 rings (SSSR count). The first-order valence-electron chi connectivity index (χ1n) is 7.94. The quantitative estimate of drug-likeness (QED) is 0.563. The molecule has 1 aromatic heterocycles. The minimum Gasteiger partial charge on any atom is -0.497 e. The van der Waals surface area contributed by atoms with Crippen LogP contribution in [0.3, 0.4) is 0 Å². The van der Waals surface area contributed by atoms with E-state index < -0.39 is 0 Å². The maximum Gasteiger partial charge on any atom is 0.131 e. The fourth-order valence-electron chi connectivity index (χ4n) is 2.98. The minimum absolute atomic E-state index is 0.665. The highest BCUT2D eigenvalue weighted by Gasteiger charge is 2.18. The van der Waals surface area contributed by atoms with Crippen molar-refractivity contribution in [1.82, 2.24) is 4.98 Å². The molecule has 0 bridgehead atoms. The molecule has 128 valence electrons. The Morgan fingerprint density at radius 1 is 1.12 bits per heavy atom. The summed E-state index contributed by atoms with van der Waals surface area (Å²) in [6.45, 7) is 1.71. The van der Waals surface area contributed by atoms with E-state index in [1.165, 1.54) is 10.5 Å². The number of methoxy groups -OCH3 is 1. The van der Waals surface area contributed by atoms with E-state index in [-0.39, 0.29) is 0 Å². The van der Waals surface area contributed by atoms with Crippen molar-refractivity contribution in [2.45, 2.75) is 11.4 Å². The molecule has 0 spiro atoms. The van der Waals surface area contributed by atoms with Gasteiger partial charge in [0.1, 0.15) is 11.6 Å². The van der Waals surface area contributed by atoms with E-state index in [0.717, 1.165) is 41.3 Å². The van der Waals surface area contributed by atoms with Crippen molar-refractivity contribution < 1.29 is 4.74 Å². The van der Waals surface area contributed by atoms with Crippen LogP contribution in [0.5, 0.6) is 5.75 Å². The lowest BCUT2D eigenvalue weighted by atomic mass is 10.2. The van der Waals surface area contributed by atoms with Gasteiger partial charge in [-0.1, -0.05) is 29.3 Å². The lowest BCUT2D eigenvalue weighted by molar-refractivity contribution is 0.413. The fraction of sp³-hybridized carbons (Fsp3) is 0.211. The second-order valence-electron chi connectivity index (χ2n) is 5.87. The molecule has 0 amide bonds. The van der Waals surface area contributed by atoms with Crippen LogP contribution in [-0.4, -0.2) is 24.4 Å². The zero-order valence-corrected chi connectivity index (χ0v) is 16.0. The molecule has 0 saturated heterocycles. The van der Waals surface area contributed by atoms with Crippen LogP contribution in [0.4, 0.5) is 5.82 Å². The van der Waals surface area contributed by atoms with Gasteiger partial charge in [-0.2, -0.15) is 0 Å². The fourth-order valence-corrected chi connectivity index (χ4v) is 4.45. The number of hydrogen-bond donors (Lipinski definition) is 0. The van der Waals surface area contributed by atoms with Gasteiger partial charge in [-0.3, -0.25) is 0 Å². The van der Waals surface area contributed by atoms with Gasteiger partial charge in [-0.25, -0.2) is 4.98 Å². The third-order valence-corrected chi connectivity index (χ3v) is 5.91. The molecule has 0 saturated carbocycles. The molecule has 1 aliphatic heterocycles. The van der Waals surface area contributed by atoms with Gasteiger partial charge < -0.3 is 9.64 Å². The number of halogens is 2. The second-order valence-corrected chi connectivity index (χ2v) is 7.85. The summed E-state index contributed by atoms with van der Waals surface area (Å²) in [5, 5.41) is 2.22. The van der Waals surface area contributed by atoms with Gasteiger partial charge in [0.05, 0.1) is 17.6 Å². The standard InChI is InChI=1S/C19H16Cl2N2OS/c1-24-14-4-2-12-11-23(6-7-25-18(12)9-14)19-10-16(21)15-8-13(20)3-5-17(15)22-19/h2-5,8-10H,6-7,11H2,1H3. The molecule has 0 unspecified atom stereocenters. The van der Waals surface area contributed by atoms with Crippen molar-refractivity contribution in [2.24, 2.45) is 0 Å². The summed E-state index contributed by atoms with van der Waals surface area (Å²) in [6, 6.07) is 13.8. The number of fused-ring (bicyclic) bond motifs is 2. The van der Waals surface area contributed by atoms with Crippen LogP contribution in [0, 0.1) is 0 Å². The Morgan fingerprint density at radius 3 is 2.84 bits per heavy atom. The van der Waals surface area contributed by atoms with Crippen molar-refractivity contribution in [3.05, 3.63) is 58.1 Å². The number of ether oxygens (including phenoxy) is 1. The predicted molar refractivity (Wildman–Crippen MR) is 107 cm³/mol. The molecule has 0 radical (unpaired) electrons. The third kappa shape index (κ3) is 3.39. The highest BCUT2D eigenvalue weighted by molar-refractivity contribution is 7.99. The average molecular weight is 391 g/mol. The van der Waals surface area contributed by atoms with Gasteiger partial charge in [0.25, 0.3) is 0 Å². The van der Waals surface area contributed by atoms with E-state index in [1.54, 1.807) is 7.11 Å². The van der Waals surface area contributed by atoms with Gasteiger partial charge >= 0.3 is 0 Å². The SMILES string of the molecule is COc1ccc2c(c1)SCCN(c1cc(Cl)c3cc(Cl)ccc3n1)C2. The maximum absolute atomic E-state index is 6.49. The molecule has 0 N–H and O–H groups in total. The molecule has 0 aliphatic carbocycles. The first-order valence-corrected chi connectivity index (χ1v) is 9.68. The van der Waals surface area contributed by atoms with Crippen LogP contribution in [0.1, 0.15) is 5.56 Å². The molecule has 0 atom stereocenters. The molecular weight excluding hydrogens is 375 g/mol. The maximum atomic E-state index is 6.49. The van der Waals surface area contributed by atoms with Gasteiger partial charge in [-0.15, -0.1) is 11.8 Å². The summed E-state index contributed by atoms with van der Waals surface area (Å²) < 4.78 is 5.34. The lowest BCUT2D eigenvalue weighted by Crippen LogP contribution is -2.24. The van der Waals surface area contributed by atoms with Gasteiger partial charge in [-0.05, 0) is 42.0 Å². The van der Waals surface area contributed by atoms with E-state index in [2.05, 4.69) is 17.0 Å². The molecule has 3 aromatic rings. The van der Waals surface area contributed by atoms with Gasteiger partial charge in [0.15, 0.2) is 0 Å². The second kappa shape index (κ2) is 6.94. The number of hydrogen-bond acceptors (Lipinski definition) is 4. The number of anilines is 1. The number of pyridine rings is 1. The number of benzene rings is 2. The third-order valence-electron chi connectivity index (χ3n) is 4.29. The molecule has 0 fully saturated rings. The summed E-state index contributed by atoms with van der Waals surface area (Å²) in [5.41, 5.74) is 2.14. The van der Waals surface area contributed by atoms with Crippen LogP contribution < -0.4 is 9.64 Å². The van der Waals surface area contributed by atoms with Crippen molar-refractivity contribution in [3.63, 3.8) is 0 Å². The molecule has 2 heterocycles. The van der Waals surface area contributed by atoms with Crippen LogP contribution in [0.25, 0.3) is 10.9 Å². The molecule has 1 aliphatic rings. The van der Waals surface area contributed by atoms with Crippen LogP contribution in [0.2, 0.25) is 10.0 Å². The topological polar surface area (TPSA) is 25.4 Å². The molecule has 2 aromatic carbocycles. The zero-order valence-electron chi connectivity index (χ0n) is 13.6. The highest BCUT2D eigenvalue weighted by atomic mass is 35.5. The summed E-state index contributed by atoms with van der Waals surface area (Å²) in [6.07, 6.45) is 0. The number of rotatable bonds is 2. The Morgan fingerprint density at radius 2 is 2.00 bits per heavy atom. The van der Waals surface area contributed by atoms with E-state index >= 15 is 0 Å². The number of aromatic nitrogens is 1. The largest absolute Gasteiger partial charge is 0.497 e. The number of thioether (sulfide) groups is 1. The summed E-state index contributed by atoms with van der Waals surface area (Å²) in [7, 11) is 1.70. The summed E-state index contributed by atoms with van der Waals surface area (Å²) >= 11 is 14.4. The normalized spacial score (nSPS) is 14.3. The van der Waals surface area contributed by atoms with Crippen molar-refractivity contribution in [2.75, 3.05) is 24.3 Å². The summed E-state index contributed by atoms with van der Waals surface area (Å²) in [4.78, 5) is 8.33. The first-order chi connectivity index (χ1) is 12.1. The first kappa shape index (κ1) is 16.8. The Balaban J connectivity index is 1.71. The smallest absolute Gasteiger partial charge is 0.131 e. The lowest BCUT2D eigenvalue weighted by Gasteiger charge is -2.22. The monoisotopic (exact) mass is 390 g/mol. The van der Waals surface area contributed by atoms with E-state index in [9.17, 15) is 0 Å². The van der Waals surface area contributed by atoms with Crippen LogP contribution in [-0.2, 0) is 6.54 Å².